The number of unbranched alkanes of at least 4 members (excludes halogenated alkanes) is 1. The molecule has 0 radical (unpaired) electrons. The summed E-state index contributed by atoms with van der Waals surface area (Å²) in [6, 6.07) is 8.03. The Labute approximate surface area is 128 Å². The third-order valence-corrected chi connectivity index (χ3v) is 4.20. The standard InChI is InChI=1S/C18H29FN2/c1-3-5-13-21(15-10-11-15)14-18(20-12-4-2)16-8-6-7-9-17(16)19/h6-9,15,18,20H,3-5,10-14H2,1-2H3. The molecule has 1 fully saturated rings. The van der Waals surface area contributed by atoms with E-state index in [1.165, 1.54) is 25.7 Å². The average Bonchev–Trinajstić information content (AvgIpc) is 3.32. The van der Waals surface area contributed by atoms with Gasteiger partial charge in [0.2, 0.25) is 0 Å². The normalized spacial score (nSPS) is 16.4. The molecule has 0 spiro atoms. The zero-order valence-electron chi connectivity index (χ0n) is 13.4. The zero-order valence-corrected chi connectivity index (χ0v) is 13.4. The summed E-state index contributed by atoms with van der Waals surface area (Å²) in [5.74, 6) is -0.0858. The first kappa shape index (κ1) is 16.4. The lowest BCUT2D eigenvalue weighted by atomic mass is 10.0. The molecule has 2 nitrogen and oxygen atoms in total. The van der Waals surface area contributed by atoms with Crippen LogP contribution in [0.1, 0.15) is 57.6 Å². The van der Waals surface area contributed by atoms with Gasteiger partial charge in [0.15, 0.2) is 0 Å². The van der Waals surface area contributed by atoms with Crippen molar-refractivity contribution in [2.24, 2.45) is 0 Å². The first-order chi connectivity index (χ1) is 10.3. The van der Waals surface area contributed by atoms with Crippen molar-refractivity contribution in [3.8, 4) is 0 Å². The van der Waals surface area contributed by atoms with Gasteiger partial charge in [0.25, 0.3) is 0 Å². The van der Waals surface area contributed by atoms with Crippen LogP contribution in [0.5, 0.6) is 0 Å². The number of hydrogen-bond acceptors (Lipinski definition) is 2. The summed E-state index contributed by atoms with van der Waals surface area (Å²) in [7, 11) is 0. The molecule has 2 rings (SSSR count). The summed E-state index contributed by atoms with van der Waals surface area (Å²) < 4.78 is 14.1. The second-order valence-corrected chi connectivity index (χ2v) is 6.11. The number of hydrogen-bond donors (Lipinski definition) is 1. The van der Waals surface area contributed by atoms with Gasteiger partial charge in [0.1, 0.15) is 5.82 Å². The molecule has 0 aromatic heterocycles. The van der Waals surface area contributed by atoms with Crippen LogP contribution in [-0.4, -0.2) is 30.6 Å². The van der Waals surface area contributed by atoms with E-state index in [4.69, 9.17) is 0 Å². The van der Waals surface area contributed by atoms with Crippen LogP contribution in [0.3, 0.4) is 0 Å². The molecule has 1 N–H and O–H groups in total. The fraction of sp³-hybridized carbons (Fsp3) is 0.667. The Balaban J connectivity index is 2.05. The monoisotopic (exact) mass is 292 g/mol. The summed E-state index contributed by atoms with van der Waals surface area (Å²) in [5, 5.41) is 3.53. The number of rotatable bonds is 10. The Morgan fingerprint density at radius 1 is 1.24 bits per heavy atom. The van der Waals surface area contributed by atoms with E-state index in [2.05, 4.69) is 24.1 Å². The fourth-order valence-electron chi connectivity index (χ4n) is 2.81. The quantitative estimate of drug-likeness (QED) is 0.697. The van der Waals surface area contributed by atoms with E-state index in [0.29, 0.717) is 0 Å². The Kier molecular flexibility index (Phi) is 6.65. The SMILES string of the molecule is CCCCN(CC(NCCC)c1ccccc1F)C1CC1. The molecule has 0 amide bonds. The van der Waals surface area contributed by atoms with Gasteiger partial charge in [-0.1, -0.05) is 38.5 Å². The Morgan fingerprint density at radius 3 is 2.62 bits per heavy atom. The maximum atomic E-state index is 14.1. The Bertz CT molecular complexity index is 417. The highest BCUT2D eigenvalue weighted by Crippen LogP contribution is 2.29. The topological polar surface area (TPSA) is 15.3 Å². The first-order valence-electron chi connectivity index (χ1n) is 8.48. The maximum absolute atomic E-state index is 14.1. The van der Waals surface area contributed by atoms with Crippen molar-refractivity contribution in [1.29, 1.82) is 0 Å². The number of benzene rings is 1. The minimum absolute atomic E-state index is 0.0858. The van der Waals surface area contributed by atoms with Crippen molar-refractivity contribution in [3.05, 3.63) is 35.6 Å². The third kappa shape index (κ3) is 5.08. The highest BCUT2D eigenvalue weighted by atomic mass is 19.1. The summed E-state index contributed by atoms with van der Waals surface area (Å²) >= 11 is 0. The largest absolute Gasteiger partial charge is 0.309 e. The van der Waals surface area contributed by atoms with E-state index in [1.807, 2.05) is 12.1 Å². The summed E-state index contributed by atoms with van der Waals surface area (Å²) in [5.41, 5.74) is 0.813. The van der Waals surface area contributed by atoms with E-state index >= 15 is 0 Å². The number of nitrogens with zero attached hydrogens (tertiary/aromatic N) is 1. The molecule has 21 heavy (non-hydrogen) atoms. The van der Waals surface area contributed by atoms with Gasteiger partial charge in [-0.2, -0.15) is 0 Å². The molecular weight excluding hydrogens is 263 g/mol. The number of halogens is 1. The molecule has 0 heterocycles. The average molecular weight is 292 g/mol. The van der Waals surface area contributed by atoms with Gasteiger partial charge < -0.3 is 5.32 Å². The van der Waals surface area contributed by atoms with Gasteiger partial charge in [0.05, 0.1) is 0 Å². The van der Waals surface area contributed by atoms with Gasteiger partial charge >= 0.3 is 0 Å². The second kappa shape index (κ2) is 8.50. The summed E-state index contributed by atoms with van der Waals surface area (Å²) in [6.45, 7) is 7.38. The van der Waals surface area contributed by atoms with Gasteiger partial charge in [-0.25, -0.2) is 4.39 Å². The lowest BCUT2D eigenvalue weighted by Crippen LogP contribution is -2.38. The molecule has 1 saturated carbocycles. The van der Waals surface area contributed by atoms with Crippen LogP contribution in [0.4, 0.5) is 4.39 Å². The van der Waals surface area contributed by atoms with E-state index < -0.39 is 0 Å². The van der Waals surface area contributed by atoms with E-state index in [0.717, 1.165) is 37.7 Å². The molecule has 1 aromatic rings. The Hall–Kier alpha value is -0.930. The van der Waals surface area contributed by atoms with Crippen molar-refractivity contribution in [1.82, 2.24) is 10.2 Å². The second-order valence-electron chi connectivity index (χ2n) is 6.11. The van der Waals surface area contributed by atoms with Gasteiger partial charge in [-0.3, -0.25) is 4.90 Å². The van der Waals surface area contributed by atoms with Crippen LogP contribution < -0.4 is 5.32 Å². The van der Waals surface area contributed by atoms with Crippen molar-refractivity contribution in [2.75, 3.05) is 19.6 Å². The van der Waals surface area contributed by atoms with Crippen LogP contribution in [0, 0.1) is 5.82 Å². The molecule has 0 aliphatic heterocycles. The molecule has 1 aliphatic carbocycles. The lowest BCUT2D eigenvalue weighted by molar-refractivity contribution is 0.227. The lowest BCUT2D eigenvalue weighted by Gasteiger charge is -2.28. The molecule has 1 aliphatic rings. The van der Waals surface area contributed by atoms with Gasteiger partial charge in [-0.05, 0) is 44.8 Å². The van der Waals surface area contributed by atoms with Crippen molar-refractivity contribution >= 4 is 0 Å². The third-order valence-electron chi connectivity index (χ3n) is 4.20. The highest BCUT2D eigenvalue weighted by molar-refractivity contribution is 5.21. The predicted octanol–water partition coefficient (Wildman–Crippen LogP) is 4.13. The molecule has 0 saturated heterocycles. The molecule has 3 heteroatoms. The predicted molar refractivity (Wildman–Crippen MR) is 86.9 cm³/mol. The highest BCUT2D eigenvalue weighted by Gasteiger charge is 2.30. The zero-order chi connectivity index (χ0) is 15.1. The molecular formula is C18H29FN2. The van der Waals surface area contributed by atoms with Crippen LogP contribution in [-0.2, 0) is 0 Å². The fourth-order valence-corrected chi connectivity index (χ4v) is 2.81. The number of nitrogens with one attached hydrogen (secondary N) is 1. The molecule has 0 bridgehead atoms. The van der Waals surface area contributed by atoms with Crippen molar-refractivity contribution in [3.63, 3.8) is 0 Å². The van der Waals surface area contributed by atoms with Gasteiger partial charge in [0, 0.05) is 24.2 Å². The van der Waals surface area contributed by atoms with E-state index in [1.54, 1.807) is 12.1 Å². The molecule has 118 valence electrons. The van der Waals surface area contributed by atoms with Crippen LogP contribution in [0.25, 0.3) is 0 Å². The van der Waals surface area contributed by atoms with Crippen molar-refractivity contribution < 1.29 is 4.39 Å². The molecule has 1 aromatic carbocycles. The smallest absolute Gasteiger partial charge is 0.128 e. The van der Waals surface area contributed by atoms with E-state index in [-0.39, 0.29) is 11.9 Å². The molecule has 1 atom stereocenters. The van der Waals surface area contributed by atoms with Gasteiger partial charge in [-0.15, -0.1) is 0 Å². The van der Waals surface area contributed by atoms with Crippen LogP contribution in [0.2, 0.25) is 0 Å². The first-order valence-corrected chi connectivity index (χ1v) is 8.48. The van der Waals surface area contributed by atoms with E-state index in [9.17, 15) is 4.39 Å². The minimum atomic E-state index is -0.0858. The minimum Gasteiger partial charge on any atom is -0.309 e. The molecule has 1 unspecified atom stereocenters. The maximum Gasteiger partial charge on any atom is 0.128 e. The van der Waals surface area contributed by atoms with Crippen molar-refractivity contribution in [2.45, 2.75) is 58.0 Å². The summed E-state index contributed by atoms with van der Waals surface area (Å²) in [6.07, 6.45) is 6.14. The van der Waals surface area contributed by atoms with Crippen LogP contribution >= 0.6 is 0 Å². The summed E-state index contributed by atoms with van der Waals surface area (Å²) in [4.78, 5) is 2.56. The Morgan fingerprint density at radius 2 is 2.00 bits per heavy atom. The van der Waals surface area contributed by atoms with Crippen LogP contribution in [0.15, 0.2) is 24.3 Å².